The molecule has 0 aliphatic heterocycles. The number of aliphatic carboxylic acids is 2. The van der Waals surface area contributed by atoms with Crippen LogP contribution in [0.25, 0.3) is 0 Å². The Hall–Kier alpha value is -2.07. The summed E-state index contributed by atoms with van der Waals surface area (Å²) in [7, 11) is -4.71. The highest BCUT2D eigenvalue weighted by Crippen LogP contribution is 2.20. The number of sulfonamides is 1. The average molecular weight is 309 g/mol. The summed E-state index contributed by atoms with van der Waals surface area (Å²) >= 11 is 0. The summed E-state index contributed by atoms with van der Waals surface area (Å²) in [6.07, 6.45) is 0. The van der Waals surface area contributed by atoms with Crippen LogP contribution in [0.15, 0.2) is 23.1 Å². The highest BCUT2D eigenvalue weighted by atomic mass is 32.2. The lowest BCUT2D eigenvalue weighted by Gasteiger charge is -2.18. The molecule has 0 atom stereocenters. The Morgan fingerprint density at radius 2 is 1.60 bits per heavy atom. The minimum absolute atomic E-state index is 0.0635. The Balaban J connectivity index is 3.28. The smallest absolute Gasteiger partial charge is 0.318 e. The lowest BCUT2D eigenvalue weighted by Crippen LogP contribution is -2.39. The van der Waals surface area contributed by atoms with Crippen LogP contribution in [-0.4, -0.2) is 48.0 Å². The van der Waals surface area contributed by atoms with Gasteiger partial charge in [0, 0.05) is 6.07 Å². The number of nitrogens with zero attached hydrogens (tertiary/aromatic N) is 1. The van der Waals surface area contributed by atoms with Gasteiger partial charge in [0.05, 0.1) is 0 Å². The molecular weight excluding hydrogens is 300 g/mol. The molecule has 10 heteroatoms. The van der Waals surface area contributed by atoms with Crippen LogP contribution in [0.3, 0.4) is 0 Å². The normalized spacial score (nSPS) is 11.6. The fourth-order valence-corrected chi connectivity index (χ4v) is 2.74. The van der Waals surface area contributed by atoms with Crippen LogP contribution in [0.1, 0.15) is 0 Å². The average Bonchev–Trinajstić information content (AvgIpc) is 2.26. The van der Waals surface area contributed by atoms with Gasteiger partial charge in [0.15, 0.2) is 0 Å². The predicted octanol–water partition coefficient (Wildman–Crippen LogP) is 0.125. The molecule has 0 radical (unpaired) electrons. The van der Waals surface area contributed by atoms with Crippen molar-refractivity contribution in [2.45, 2.75) is 4.90 Å². The SMILES string of the molecule is O=C(O)CN(CC(=O)O)S(=O)(=O)c1ccc(F)cc1F. The van der Waals surface area contributed by atoms with Crippen molar-refractivity contribution in [2.24, 2.45) is 0 Å². The van der Waals surface area contributed by atoms with Crippen molar-refractivity contribution in [3.8, 4) is 0 Å². The first-order valence-corrected chi connectivity index (χ1v) is 6.47. The van der Waals surface area contributed by atoms with E-state index in [0.717, 1.165) is 0 Å². The van der Waals surface area contributed by atoms with Gasteiger partial charge in [0.2, 0.25) is 10.0 Å². The summed E-state index contributed by atoms with van der Waals surface area (Å²) in [5.41, 5.74) is 0. The van der Waals surface area contributed by atoms with Crippen LogP contribution in [0.4, 0.5) is 8.78 Å². The number of benzene rings is 1. The Labute approximate surface area is 112 Å². The zero-order chi connectivity index (χ0) is 15.5. The van der Waals surface area contributed by atoms with Crippen molar-refractivity contribution in [1.29, 1.82) is 0 Å². The quantitative estimate of drug-likeness (QED) is 0.772. The summed E-state index contributed by atoms with van der Waals surface area (Å²) in [5, 5.41) is 17.1. The molecule has 110 valence electrons. The molecule has 7 nitrogen and oxygen atoms in total. The maximum atomic E-state index is 13.4. The first kappa shape index (κ1) is 16.0. The summed E-state index contributed by atoms with van der Waals surface area (Å²) < 4.78 is 50.2. The second-order valence-electron chi connectivity index (χ2n) is 3.64. The van der Waals surface area contributed by atoms with Crippen LogP contribution in [-0.2, 0) is 19.6 Å². The highest BCUT2D eigenvalue weighted by molar-refractivity contribution is 7.89. The van der Waals surface area contributed by atoms with E-state index in [1.54, 1.807) is 0 Å². The first-order chi connectivity index (χ1) is 9.14. The lowest BCUT2D eigenvalue weighted by atomic mass is 10.3. The van der Waals surface area contributed by atoms with Gasteiger partial charge in [0.25, 0.3) is 0 Å². The maximum absolute atomic E-state index is 13.4. The topological polar surface area (TPSA) is 112 Å². The van der Waals surface area contributed by atoms with Crippen molar-refractivity contribution in [1.82, 2.24) is 4.31 Å². The number of hydrogen-bond acceptors (Lipinski definition) is 4. The second-order valence-corrected chi connectivity index (χ2v) is 5.54. The van der Waals surface area contributed by atoms with Gasteiger partial charge in [-0.1, -0.05) is 0 Å². The predicted molar refractivity (Wildman–Crippen MR) is 60.4 cm³/mol. The van der Waals surface area contributed by atoms with E-state index < -0.39 is 51.6 Å². The lowest BCUT2D eigenvalue weighted by molar-refractivity contribution is -0.139. The van der Waals surface area contributed by atoms with Gasteiger partial charge in [-0.05, 0) is 12.1 Å². The molecule has 20 heavy (non-hydrogen) atoms. The number of carboxylic acid groups (broad SMARTS) is 2. The molecular formula is C10H9F2NO6S. The van der Waals surface area contributed by atoms with Crippen LogP contribution >= 0.6 is 0 Å². The van der Waals surface area contributed by atoms with Crippen molar-refractivity contribution in [3.63, 3.8) is 0 Å². The van der Waals surface area contributed by atoms with E-state index in [1.165, 1.54) is 0 Å². The van der Waals surface area contributed by atoms with E-state index in [9.17, 15) is 26.8 Å². The Morgan fingerprint density at radius 1 is 1.10 bits per heavy atom. The third-order valence-corrected chi connectivity index (χ3v) is 3.96. The van der Waals surface area contributed by atoms with Crippen LogP contribution < -0.4 is 0 Å². The zero-order valence-corrected chi connectivity index (χ0v) is 10.6. The van der Waals surface area contributed by atoms with Gasteiger partial charge >= 0.3 is 11.9 Å². The van der Waals surface area contributed by atoms with E-state index in [4.69, 9.17) is 10.2 Å². The largest absolute Gasteiger partial charge is 0.480 e. The molecule has 0 amide bonds. The fourth-order valence-electron chi connectivity index (χ4n) is 1.35. The van der Waals surface area contributed by atoms with Crippen molar-refractivity contribution in [2.75, 3.05) is 13.1 Å². The molecule has 0 unspecified atom stereocenters. The molecule has 0 fully saturated rings. The first-order valence-electron chi connectivity index (χ1n) is 5.03. The van der Waals surface area contributed by atoms with E-state index in [0.29, 0.717) is 18.2 Å². The third kappa shape index (κ3) is 3.71. The molecule has 0 saturated carbocycles. The molecule has 0 spiro atoms. The van der Waals surface area contributed by atoms with Crippen molar-refractivity contribution in [3.05, 3.63) is 29.8 Å². The third-order valence-electron chi connectivity index (χ3n) is 2.13. The summed E-state index contributed by atoms with van der Waals surface area (Å²) in [6, 6.07) is 1.55. The summed E-state index contributed by atoms with van der Waals surface area (Å²) in [4.78, 5) is 20.1. The maximum Gasteiger partial charge on any atom is 0.318 e. The van der Waals surface area contributed by atoms with Crippen LogP contribution in [0, 0.1) is 11.6 Å². The van der Waals surface area contributed by atoms with Gasteiger partial charge in [0.1, 0.15) is 29.6 Å². The number of rotatable bonds is 6. The second kappa shape index (κ2) is 5.92. The van der Waals surface area contributed by atoms with E-state index >= 15 is 0 Å². The molecule has 1 rings (SSSR count). The standard InChI is InChI=1S/C10H9F2NO6S/c11-6-1-2-8(7(12)3-6)20(18,19)13(4-9(14)15)5-10(16)17/h1-3H,4-5H2,(H,14,15)(H,16,17). The molecule has 0 aliphatic carbocycles. The zero-order valence-electron chi connectivity index (χ0n) is 9.79. The van der Waals surface area contributed by atoms with E-state index in [2.05, 4.69) is 0 Å². The Bertz CT molecular complexity index is 629. The van der Waals surface area contributed by atoms with Crippen molar-refractivity contribution < 1.29 is 37.0 Å². The Kier molecular flexibility index (Phi) is 4.73. The van der Waals surface area contributed by atoms with Gasteiger partial charge in [-0.3, -0.25) is 9.59 Å². The van der Waals surface area contributed by atoms with E-state index in [1.807, 2.05) is 0 Å². The molecule has 1 aromatic carbocycles. The summed E-state index contributed by atoms with van der Waals surface area (Å²) in [5.74, 6) is -5.69. The number of carbonyl (C=O) groups is 2. The fraction of sp³-hybridized carbons (Fsp3) is 0.200. The Morgan fingerprint density at radius 3 is 2.00 bits per heavy atom. The van der Waals surface area contributed by atoms with Crippen LogP contribution in [0.2, 0.25) is 0 Å². The minimum atomic E-state index is -4.71. The highest BCUT2D eigenvalue weighted by Gasteiger charge is 2.31. The molecule has 0 bridgehead atoms. The van der Waals surface area contributed by atoms with Crippen molar-refractivity contribution >= 4 is 22.0 Å². The number of halogens is 2. The monoisotopic (exact) mass is 309 g/mol. The van der Waals surface area contributed by atoms with Gasteiger partial charge < -0.3 is 10.2 Å². The molecule has 0 aliphatic rings. The van der Waals surface area contributed by atoms with Gasteiger partial charge in [-0.15, -0.1) is 0 Å². The molecule has 2 N–H and O–H groups in total. The molecule has 1 aromatic rings. The number of hydrogen-bond donors (Lipinski definition) is 2. The van der Waals surface area contributed by atoms with Gasteiger partial charge in [-0.2, -0.15) is 4.31 Å². The number of carboxylic acids is 2. The molecule has 0 saturated heterocycles. The van der Waals surface area contributed by atoms with Crippen LogP contribution in [0.5, 0.6) is 0 Å². The minimum Gasteiger partial charge on any atom is -0.480 e. The summed E-state index contributed by atoms with van der Waals surface area (Å²) in [6.45, 7) is -2.32. The molecule has 0 aromatic heterocycles. The molecule has 0 heterocycles. The van der Waals surface area contributed by atoms with Gasteiger partial charge in [-0.25, -0.2) is 17.2 Å². The van der Waals surface area contributed by atoms with E-state index in [-0.39, 0.29) is 4.31 Å².